The van der Waals surface area contributed by atoms with Gasteiger partial charge in [0.15, 0.2) is 0 Å². The summed E-state index contributed by atoms with van der Waals surface area (Å²) in [5.74, 6) is 0.00995. The van der Waals surface area contributed by atoms with Crippen LogP contribution in [0.5, 0.6) is 0 Å². The largest absolute Gasteiger partial charge is 0.370 e. The molecule has 6 nitrogen and oxygen atoms in total. The Morgan fingerprint density at radius 3 is 2.13 bits per heavy atom. The zero-order valence-electron chi connectivity index (χ0n) is 17.0. The van der Waals surface area contributed by atoms with Gasteiger partial charge < -0.3 is 20.0 Å². The number of rotatable bonds is 3. The molecular formula is C23H27ClN4O2. The monoisotopic (exact) mass is 426 g/mol. The van der Waals surface area contributed by atoms with E-state index in [1.807, 2.05) is 48.5 Å². The van der Waals surface area contributed by atoms with E-state index in [2.05, 4.69) is 10.2 Å². The predicted octanol–water partition coefficient (Wildman–Crippen LogP) is 4.32. The Hall–Kier alpha value is -2.73. The molecule has 30 heavy (non-hydrogen) atoms. The highest BCUT2D eigenvalue weighted by atomic mass is 35.5. The number of halogens is 1. The molecule has 0 radical (unpaired) electrons. The first-order chi connectivity index (χ1) is 14.6. The first kappa shape index (κ1) is 20.5. The van der Waals surface area contributed by atoms with Crippen molar-refractivity contribution in [2.75, 3.05) is 49.5 Å². The van der Waals surface area contributed by atoms with Crippen LogP contribution in [0, 0.1) is 0 Å². The summed E-state index contributed by atoms with van der Waals surface area (Å²) in [6, 6.07) is 14.8. The van der Waals surface area contributed by atoms with Crippen molar-refractivity contribution < 1.29 is 9.59 Å². The summed E-state index contributed by atoms with van der Waals surface area (Å²) in [6.45, 7) is 4.11. The van der Waals surface area contributed by atoms with Crippen LogP contribution in [0.2, 0.25) is 5.02 Å². The van der Waals surface area contributed by atoms with Crippen LogP contribution in [0.15, 0.2) is 48.5 Å². The molecule has 1 N–H and O–H groups in total. The molecule has 0 unspecified atom stereocenters. The Kier molecular flexibility index (Phi) is 6.43. The summed E-state index contributed by atoms with van der Waals surface area (Å²) in [7, 11) is 0. The minimum atomic E-state index is -0.163. The first-order valence-electron chi connectivity index (χ1n) is 10.6. The number of nitrogens with one attached hydrogen (secondary N) is 1. The van der Waals surface area contributed by atoms with Gasteiger partial charge >= 0.3 is 6.03 Å². The van der Waals surface area contributed by atoms with Gasteiger partial charge in [-0.05, 0) is 49.6 Å². The zero-order valence-corrected chi connectivity index (χ0v) is 17.8. The summed E-state index contributed by atoms with van der Waals surface area (Å²) >= 11 is 6.49. The lowest BCUT2D eigenvalue weighted by Gasteiger charge is -2.35. The zero-order chi connectivity index (χ0) is 20.9. The van der Waals surface area contributed by atoms with Crippen molar-refractivity contribution in [2.45, 2.75) is 19.3 Å². The van der Waals surface area contributed by atoms with Crippen LogP contribution >= 0.6 is 11.6 Å². The van der Waals surface area contributed by atoms with Crippen LogP contribution in [0.4, 0.5) is 16.2 Å². The second-order valence-corrected chi connectivity index (χ2v) is 8.20. The van der Waals surface area contributed by atoms with E-state index < -0.39 is 0 Å². The standard InChI is InChI=1S/C23H27ClN4O2/c24-20-17-19(9-10-21(20)26-11-5-2-6-12-26)25-23(30)28-15-13-27(14-16-28)22(29)18-7-3-1-4-8-18/h1,3-4,7-10,17H,2,5-6,11-16H2,(H,25,30). The number of carbonyl (C=O) groups is 2. The second kappa shape index (κ2) is 9.39. The average molecular weight is 427 g/mol. The molecule has 2 aromatic rings. The van der Waals surface area contributed by atoms with E-state index in [0.717, 1.165) is 18.8 Å². The lowest BCUT2D eigenvalue weighted by atomic mass is 10.1. The van der Waals surface area contributed by atoms with Crippen molar-refractivity contribution in [2.24, 2.45) is 0 Å². The van der Waals surface area contributed by atoms with Crippen LogP contribution in [0.3, 0.4) is 0 Å². The van der Waals surface area contributed by atoms with Gasteiger partial charge in [0, 0.05) is 50.5 Å². The number of amides is 3. The van der Waals surface area contributed by atoms with Crippen molar-refractivity contribution in [3.8, 4) is 0 Å². The first-order valence-corrected chi connectivity index (χ1v) is 10.9. The molecule has 2 fully saturated rings. The number of benzene rings is 2. The summed E-state index contributed by atoms with van der Waals surface area (Å²) in [6.07, 6.45) is 3.65. The van der Waals surface area contributed by atoms with Crippen molar-refractivity contribution in [3.63, 3.8) is 0 Å². The highest BCUT2D eigenvalue weighted by Gasteiger charge is 2.25. The number of hydrogen-bond donors (Lipinski definition) is 1. The average Bonchev–Trinajstić information content (AvgIpc) is 2.80. The third-order valence-electron chi connectivity index (χ3n) is 5.77. The lowest BCUT2D eigenvalue weighted by Crippen LogP contribution is -2.51. The maximum absolute atomic E-state index is 12.7. The number of anilines is 2. The molecule has 2 saturated heterocycles. The third-order valence-corrected chi connectivity index (χ3v) is 6.07. The third kappa shape index (κ3) is 4.70. The van der Waals surface area contributed by atoms with Crippen molar-refractivity contribution in [1.82, 2.24) is 9.80 Å². The molecule has 0 aliphatic carbocycles. The van der Waals surface area contributed by atoms with Gasteiger partial charge in [0.1, 0.15) is 0 Å². The van der Waals surface area contributed by atoms with Gasteiger partial charge in [-0.15, -0.1) is 0 Å². The fourth-order valence-corrected chi connectivity index (χ4v) is 4.35. The van der Waals surface area contributed by atoms with E-state index >= 15 is 0 Å². The summed E-state index contributed by atoms with van der Waals surface area (Å²) in [4.78, 5) is 31.1. The number of urea groups is 1. The minimum absolute atomic E-state index is 0.00995. The molecular weight excluding hydrogens is 400 g/mol. The molecule has 4 rings (SSSR count). The number of piperidine rings is 1. The van der Waals surface area contributed by atoms with E-state index in [4.69, 9.17) is 11.6 Å². The highest BCUT2D eigenvalue weighted by Crippen LogP contribution is 2.31. The molecule has 0 aromatic heterocycles. The Labute approximate surface area is 182 Å². The Bertz CT molecular complexity index is 891. The molecule has 2 aliphatic rings. The van der Waals surface area contributed by atoms with Gasteiger partial charge in [-0.2, -0.15) is 0 Å². The Morgan fingerprint density at radius 1 is 0.800 bits per heavy atom. The number of piperazine rings is 1. The fraction of sp³-hybridized carbons (Fsp3) is 0.391. The topological polar surface area (TPSA) is 55.9 Å². The van der Waals surface area contributed by atoms with Crippen LogP contribution in [0.25, 0.3) is 0 Å². The molecule has 0 bridgehead atoms. The summed E-state index contributed by atoms with van der Waals surface area (Å²) < 4.78 is 0. The quantitative estimate of drug-likeness (QED) is 0.795. The number of nitrogens with zero attached hydrogens (tertiary/aromatic N) is 3. The molecule has 2 heterocycles. The Balaban J connectivity index is 1.31. The van der Waals surface area contributed by atoms with Crippen LogP contribution in [-0.4, -0.2) is 61.0 Å². The van der Waals surface area contributed by atoms with Crippen LogP contribution in [0.1, 0.15) is 29.6 Å². The Morgan fingerprint density at radius 2 is 1.47 bits per heavy atom. The van der Waals surface area contributed by atoms with Crippen molar-refractivity contribution in [1.29, 1.82) is 0 Å². The molecule has 0 saturated carbocycles. The maximum Gasteiger partial charge on any atom is 0.321 e. The van der Waals surface area contributed by atoms with E-state index in [9.17, 15) is 9.59 Å². The minimum Gasteiger partial charge on any atom is -0.370 e. The van der Waals surface area contributed by atoms with Crippen molar-refractivity contribution in [3.05, 3.63) is 59.1 Å². The molecule has 0 atom stereocenters. The molecule has 2 aromatic carbocycles. The van der Waals surface area contributed by atoms with Gasteiger partial charge in [-0.3, -0.25) is 4.79 Å². The van der Waals surface area contributed by atoms with Crippen LogP contribution < -0.4 is 10.2 Å². The van der Waals surface area contributed by atoms with Crippen molar-refractivity contribution >= 4 is 34.9 Å². The SMILES string of the molecule is O=C(Nc1ccc(N2CCCCC2)c(Cl)c1)N1CCN(C(=O)c2ccccc2)CC1. The second-order valence-electron chi connectivity index (χ2n) is 7.79. The normalized spacial score (nSPS) is 17.0. The van der Waals surface area contributed by atoms with E-state index in [1.165, 1.54) is 19.3 Å². The molecule has 0 spiro atoms. The number of carbonyl (C=O) groups excluding carboxylic acids is 2. The molecule has 158 valence electrons. The van der Waals surface area contributed by atoms with Gasteiger partial charge in [0.05, 0.1) is 10.7 Å². The summed E-state index contributed by atoms with van der Waals surface area (Å²) in [5.41, 5.74) is 2.40. The van der Waals surface area contributed by atoms with Crippen LogP contribution in [-0.2, 0) is 0 Å². The smallest absolute Gasteiger partial charge is 0.321 e. The fourth-order valence-electron chi connectivity index (χ4n) is 4.05. The maximum atomic E-state index is 12.7. The highest BCUT2D eigenvalue weighted by molar-refractivity contribution is 6.33. The molecule has 7 heteroatoms. The van der Waals surface area contributed by atoms with Gasteiger partial charge in [0.25, 0.3) is 5.91 Å². The molecule has 2 aliphatic heterocycles. The van der Waals surface area contributed by atoms with Gasteiger partial charge in [0.2, 0.25) is 0 Å². The van der Waals surface area contributed by atoms with E-state index in [0.29, 0.717) is 42.5 Å². The van der Waals surface area contributed by atoms with Gasteiger partial charge in [-0.25, -0.2) is 4.79 Å². The van der Waals surface area contributed by atoms with Gasteiger partial charge in [-0.1, -0.05) is 29.8 Å². The molecule has 3 amide bonds. The van der Waals surface area contributed by atoms with E-state index in [-0.39, 0.29) is 11.9 Å². The number of hydrogen-bond acceptors (Lipinski definition) is 3. The predicted molar refractivity (Wildman–Crippen MR) is 120 cm³/mol. The van der Waals surface area contributed by atoms with E-state index in [1.54, 1.807) is 9.80 Å². The summed E-state index contributed by atoms with van der Waals surface area (Å²) in [5, 5.41) is 3.60. The lowest BCUT2D eigenvalue weighted by molar-refractivity contribution is 0.0671.